The van der Waals surface area contributed by atoms with Crippen LogP contribution < -0.4 is 11.1 Å². The number of hydrogen-bond donors (Lipinski definition) is 3. The number of primary amides is 1. The van der Waals surface area contributed by atoms with E-state index in [0.29, 0.717) is 19.0 Å². The van der Waals surface area contributed by atoms with Crippen molar-refractivity contribution in [3.8, 4) is 0 Å². The standard InChI is InChI=1S/C11H21N3O3/c1-7(2)13-4-3-10(16)14-6-8(15)5-9(14)11(12)17/h7-9,13,15H,3-6H2,1-2H3,(H2,12,17). The average Bonchev–Trinajstić information content (AvgIpc) is 2.59. The molecule has 0 radical (unpaired) electrons. The molecular weight excluding hydrogens is 222 g/mol. The summed E-state index contributed by atoms with van der Waals surface area (Å²) in [6.07, 6.45) is -0.0811. The van der Waals surface area contributed by atoms with E-state index in [0.717, 1.165) is 0 Å². The van der Waals surface area contributed by atoms with Gasteiger partial charge >= 0.3 is 0 Å². The summed E-state index contributed by atoms with van der Waals surface area (Å²) in [5.74, 6) is -0.690. The van der Waals surface area contributed by atoms with Crippen molar-refractivity contribution in [3.63, 3.8) is 0 Å². The van der Waals surface area contributed by atoms with E-state index in [-0.39, 0.29) is 18.9 Å². The first-order valence-corrected chi connectivity index (χ1v) is 5.92. The van der Waals surface area contributed by atoms with Gasteiger partial charge in [0.15, 0.2) is 0 Å². The molecule has 0 bridgehead atoms. The largest absolute Gasteiger partial charge is 0.391 e. The Bertz CT molecular complexity index is 294. The number of hydrogen-bond acceptors (Lipinski definition) is 4. The lowest BCUT2D eigenvalue weighted by atomic mass is 10.2. The van der Waals surface area contributed by atoms with Crippen LogP contribution in [0.3, 0.4) is 0 Å². The van der Waals surface area contributed by atoms with Crippen LogP contribution in [-0.2, 0) is 9.59 Å². The topological polar surface area (TPSA) is 95.7 Å². The normalized spacial score (nSPS) is 24.4. The van der Waals surface area contributed by atoms with Gasteiger partial charge in [-0.2, -0.15) is 0 Å². The van der Waals surface area contributed by atoms with Gasteiger partial charge in [0.05, 0.1) is 6.10 Å². The lowest BCUT2D eigenvalue weighted by molar-refractivity contribution is -0.137. The van der Waals surface area contributed by atoms with E-state index >= 15 is 0 Å². The number of carbonyl (C=O) groups excluding carboxylic acids is 2. The third-order valence-corrected chi connectivity index (χ3v) is 2.82. The van der Waals surface area contributed by atoms with E-state index < -0.39 is 18.1 Å². The predicted octanol–water partition coefficient (Wildman–Crippen LogP) is -1.18. The quantitative estimate of drug-likeness (QED) is 0.566. The highest BCUT2D eigenvalue weighted by atomic mass is 16.3. The summed E-state index contributed by atoms with van der Waals surface area (Å²) < 4.78 is 0. The zero-order chi connectivity index (χ0) is 13.0. The van der Waals surface area contributed by atoms with E-state index in [2.05, 4.69) is 5.32 Å². The first-order chi connectivity index (χ1) is 7.91. The van der Waals surface area contributed by atoms with Crippen molar-refractivity contribution in [3.05, 3.63) is 0 Å². The molecular formula is C11H21N3O3. The number of aliphatic hydroxyl groups is 1. The lowest BCUT2D eigenvalue weighted by Gasteiger charge is -2.22. The Morgan fingerprint density at radius 1 is 1.53 bits per heavy atom. The van der Waals surface area contributed by atoms with Crippen molar-refractivity contribution in [2.45, 2.75) is 44.9 Å². The van der Waals surface area contributed by atoms with Gasteiger partial charge in [-0.3, -0.25) is 9.59 Å². The highest BCUT2D eigenvalue weighted by molar-refractivity contribution is 5.87. The Morgan fingerprint density at radius 3 is 2.71 bits per heavy atom. The summed E-state index contributed by atoms with van der Waals surface area (Å²) in [4.78, 5) is 24.4. The van der Waals surface area contributed by atoms with Crippen LogP contribution >= 0.6 is 0 Å². The summed E-state index contributed by atoms with van der Waals surface area (Å²) >= 11 is 0. The molecule has 98 valence electrons. The Hall–Kier alpha value is -1.14. The van der Waals surface area contributed by atoms with Crippen LogP contribution in [0.2, 0.25) is 0 Å². The highest BCUT2D eigenvalue weighted by Gasteiger charge is 2.37. The van der Waals surface area contributed by atoms with E-state index in [4.69, 9.17) is 5.73 Å². The number of amides is 2. The molecule has 0 spiro atoms. The SMILES string of the molecule is CC(C)NCCC(=O)N1CC(O)CC1C(N)=O. The second kappa shape index (κ2) is 5.97. The number of nitrogens with one attached hydrogen (secondary N) is 1. The summed E-state index contributed by atoms with van der Waals surface area (Å²) in [6, 6.07) is -0.338. The fraction of sp³-hybridized carbons (Fsp3) is 0.818. The molecule has 0 saturated carbocycles. The number of rotatable bonds is 5. The van der Waals surface area contributed by atoms with Crippen LogP contribution in [0.1, 0.15) is 26.7 Å². The zero-order valence-corrected chi connectivity index (χ0v) is 10.3. The number of nitrogens with zero attached hydrogens (tertiary/aromatic N) is 1. The van der Waals surface area contributed by atoms with Crippen molar-refractivity contribution in [2.75, 3.05) is 13.1 Å². The second-order valence-corrected chi connectivity index (χ2v) is 4.71. The van der Waals surface area contributed by atoms with Crippen LogP contribution in [0.5, 0.6) is 0 Å². The molecule has 2 amide bonds. The van der Waals surface area contributed by atoms with Crippen molar-refractivity contribution in [1.82, 2.24) is 10.2 Å². The molecule has 4 N–H and O–H groups in total. The molecule has 0 aromatic carbocycles. The van der Waals surface area contributed by atoms with E-state index in [1.807, 2.05) is 13.8 Å². The minimum Gasteiger partial charge on any atom is -0.391 e. The molecule has 1 aliphatic heterocycles. The first-order valence-electron chi connectivity index (χ1n) is 5.92. The van der Waals surface area contributed by atoms with Gasteiger partial charge in [-0.1, -0.05) is 13.8 Å². The molecule has 0 aliphatic carbocycles. The Morgan fingerprint density at radius 2 is 2.18 bits per heavy atom. The molecule has 0 aromatic rings. The highest BCUT2D eigenvalue weighted by Crippen LogP contribution is 2.18. The smallest absolute Gasteiger partial charge is 0.240 e. The van der Waals surface area contributed by atoms with Crippen molar-refractivity contribution < 1.29 is 14.7 Å². The van der Waals surface area contributed by atoms with Crippen LogP contribution in [0.15, 0.2) is 0 Å². The number of carbonyl (C=O) groups is 2. The average molecular weight is 243 g/mol. The van der Waals surface area contributed by atoms with Gasteiger partial charge < -0.3 is 21.1 Å². The number of β-amino-alcohol motifs (C(OH)–C–C–N with tert-alkyl or cyclic N) is 1. The third kappa shape index (κ3) is 3.98. The summed E-state index contributed by atoms with van der Waals surface area (Å²) in [7, 11) is 0. The molecule has 1 heterocycles. The van der Waals surface area contributed by atoms with Crippen molar-refractivity contribution >= 4 is 11.8 Å². The maximum Gasteiger partial charge on any atom is 0.240 e. The summed E-state index contributed by atoms with van der Waals surface area (Å²) in [5.41, 5.74) is 5.21. The van der Waals surface area contributed by atoms with Crippen LogP contribution in [0.4, 0.5) is 0 Å². The predicted molar refractivity (Wildman–Crippen MR) is 63.1 cm³/mol. The van der Waals surface area contributed by atoms with E-state index in [1.165, 1.54) is 4.90 Å². The molecule has 2 atom stereocenters. The molecule has 6 nitrogen and oxygen atoms in total. The maximum atomic E-state index is 11.9. The molecule has 1 aliphatic rings. The van der Waals surface area contributed by atoms with E-state index in [9.17, 15) is 14.7 Å². The van der Waals surface area contributed by atoms with Crippen LogP contribution in [-0.4, -0.2) is 53.1 Å². The fourth-order valence-corrected chi connectivity index (χ4v) is 1.97. The molecule has 1 fully saturated rings. The molecule has 1 saturated heterocycles. The number of nitrogens with two attached hydrogens (primary N) is 1. The third-order valence-electron chi connectivity index (χ3n) is 2.82. The number of likely N-dealkylation sites (tertiary alicyclic amines) is 1. The number of aliphatic hydroxyl groups excluding tert-OH is 1. The molecule has 1 rings (SSSR count). The molecule has 17 heavy (non-hydrogen) atoms. The van der Waals surface area contributed by atoms with Gasteiger partial charge in [0.2, 0.25) is 11.8 Å². The van der Waals surface area contributed by atoms with Gasteiger partial charge in [-0.25, -0.2) is 0 Å². The van der Waals surface area contributed by atoms with Gasteiger partial charge in [0, 0.05) is 32.0 Å². The van der Waals surface area contributed by atoms with E-state index in [1.54, 1.807) is 0 Å². The van der Waals surface area contributed by atoms with Gasteiger partial charge in [-0.05, 0) is 0 Å². The van der Waals surface area contributed by atoms with Crippen molar-refractivity contribution in [1.29, 1.82) is 0 Å². The second-order valence-electron chi connectivity index (χ2n) is 4.71. The van der Waals surface area contributed by atoms with Crippen LogP contribution in [0, 0.1) is 0 Å². The zero-order valence-electron chi connectivity index (χ0n) is 10.3. The maximum absolute atomic E-state index is 11.9. The fourth-order valence-electron chi connectivity index (χ4n) is 1.97. The van der Waals surface area contributed by atoms with Gasteiger partial charge in [0.1, 0.15) is 6.04 Å². The molecule has 6 heteroatoms. The van der Waals surface area contributed by atoms with Crippen molar-refractivity contribution in [2.24, 2.45) is 5.73 Å². The molecule has 0 aromatic heterocycles. The Kier molecular flexibility index (Phi) is 4.89. The summed E-state index contributed by atoms with van der Waals surface area (Å²) in [6.45, 7) is 4.76. The first kappa shape index (κ1) is 13.9. The lowest BCUT2D eigenvalue weighted by Crippen LogP contribution is -2.44. The van der Waals surface area contributed by atoms with Crippen LogP contribution in [0.25, 0.3) is 0 Å². The minimum absolute atomic E-state index is 0.140. The minimum atomic E-state index is -0.656. The Labute approximate surface area is 101 Å². The Balaban J connectivity index is 2.47. The summed E-state index contributed by atoms with van der Waals surface area (Å²) in [5, 5.41) is 12.6. The monoisotopic (exact) mass is 243 g/mol. The van der Waals surface area contributed by atoms with Gasteiger partial charge in [-0.15, -0.1) is 0 Å². The molecule has 2 unspecified atom stereocenters. The van der Waals surface area contributed by atoms with Gasteiger partial charge in [0.25, 0.3) is 0 Å².